The Hall–Kier alpha value is -1.82. The normalized spacial score (nSPS) is 11.2. The number of nitrogens with one attached hydrogen (secondary N) is 2. The smallest absolute Gasteiger partial charge is 0.186 e. The van der Waals surface area contributed by atoms with Gasteiger partial charge in [-0.05, 0) is 30.8 Å². The maximum Gasteiger partial charge on any atom is 0.186 e. The Morgan fingerprint density at radius 1 is 0.812 bits per heavy atom. The van der Waals surface area contributed by atoms with Crippen LogP contribution in [0.1, 0.15) is 115 Å². The minimum Gasteiger partial charge on any atom is -0.508 e. The second-order valence-corrected chi connectivity index (χ2v) is 9.08. The summed E-state index contributed by atoms with van der Waals surface area (Å²) in [5.74, 6) is -0.00815. The van der Waals surface area contributed by atoms with E-state index in [-0.39, 0.29) is 11.5 Å². The lowest BCUT2D eigenvalue weighted by Gasteiger charge is -2.07. The Balaban J connectivity index is 1.84. The van der Waals surface area contributed by atoms with Crippen LogP contribution in [0.4, 0.5) is 0 Å². The molecule has 0 saturated carbocycles. The maximum absolute atomic E-state index is 9.70. The summed E-state index contributed by atoms with van der Waals surface area (Å²) < 4.78 is 0. The van der Waals surface area contributed by atoms with Gasteiger partial charge in [0.25, 0.3) is 0 Å². The Bertz CT molecular complexity index is 637. The molecule has 0 saturated heterocycles. The summed E-state index contributed by atoms with van der Waals surface area (Å²) in [5, 5.41) is 26.6. The van der Waals surface area contributed by atoms with E-state index in [1.54, 1.807) is 6.07 Å². The Morgan fingerprint density at radius 3 is 1.81 bits per heavy atom. The van der Waals surface area contributed by atoms with Crippen molar-refractivity contribution in [1.29, 1.82) is 0 Å². The fraction of sp³-hybridized carbons (Fsp3) is 0.692. The predicted molar refractivity (Wildman–Crippen MR) is 141 cm³/mol. The van der Waals surface area contributed by atoms with E-state index in [0.717, 1.165) is 13.0 Å². The molecule has 0 spiro atoms. The van der Waals surface area contributed by atoms with E-state index >= 15 is 0 Å². The number of unbranched alkanes of at least 4 members (excludes halogenated alkanes) is 15. The highest BCUT2D eigenvalue weighted by Crippen LogP contribution is 2.20. The van der Waals surface area contributed by atoms with E-state index < -0.39 is 0 Å². The first-order chi connectivity index (χ1) is 15.6. The molecule has 1 aromatic rings. The Labute approximate surface area is 201 Å². The van der Waals surface area contributed by atoms with Crippen LogP contribution in [0.3, 0.4) is 0 Å². The van der Waals surface area contributed by atoms with Crippen LogP contribution in [0, 0.1) is 0 Å². The Kier molecular flexibility index (Phi) is 17.5. The predicted octanol–water partition coefficient (Wildman–Crippen LogP) is 7.16. The van der Waals surface area contributed by atoms with Crippen LogP contribution >= 0.6 is 12.2 Å². The monoisotopic (exact) mass is 463 g/mol. The average molecular weight is 464 g/mol. The number of benzene rings is 1. The van der Waals surface area contributed by atoms with Crippen molar-refractivity contribution in [3.8, 4) is 11.5 Å². The van der Waals surface area contributed by atoms with Gasteiger partial charge in [-0.25, -0.2) is 0 Å². The molecular weight excluding hydrogens is 418 g/mol. The van der Waals surface area contributed by atoms with Gasteiger partial charge in [0.15, 0.2) is 5.11 Å². The summed E-state index contributed by atoms with van der Waals surface area (Å²) in [5.41, 5.74) is 3.25. The standard InChI is InChI=1S/C26H45N3O2S/c1-2-3-4-5-6-7-8-9-10-11-12-13-14-15-16-17-20-27-26(32)29-28-22-23-18-19-24(30)21-25(23)31/h18-19,21-22,30-31H,2-17,20H2,1H3,(H2,27,29,32)/b28-22+. The van der Waals surface area contributed by atoms with Crippen molar-refractivity contribution in [1.82, 2.24) is 10.7 Å². The summed E-state index contributed by atoms with van der Waals surface area (Å²) in [6.07, 6.45) is 23.3. The molecule has 1 aromatic carbocycles. The van der Waals surface area contributed by atoms with Gasteiger partial charge in [0.2, 0.25) is 0 Å². The Morgan fingerprint density at radius 2 is 1.31 bits per heavy atom. The van der Waals surface area contributed by atoms with Crippen LogP contribution in [0.2, 0.25) is 0 Å². The lowest BCUT2D eigenvalue weighted by molar-refractivity contribution is 0.450. The van der Waals surface area contributed by atoms with E-state index in [4.69, 9.17) is 12.2 Å². The van der Waals surface area contributed by atoms with Crippen molar-refractivity contribution in [2.45, 2.75) is 110 Å². The highest BCUT2D eigenvalue weighted by atomic mass is 32.1. The zero-order valence-electron chi connectivity index (χ0n) is 20.1. The van der Waals surface area contributed by atoms with Crippen LogP contribution in [-0.2, 0) is 0 Å². The zero-order valence-corrected chi connectivity index (χ0v) is 20.9. The molecule has 5 nitrogen and oxygen atoms in total. The van der Waals surface area contributed by atoms with Gasteiger partial charge in [-0.3, -0.25) is 5.43 Å². The number of hydrogen-bond acceptors (Lipinski definition) is 4. The molecule has 4 N–H and O–H groups in total. The number of rotatable bonds is 19. The second-order valence-electron chi connectivity index (χ2n) is 8.67. The van der Waals surface area contributed by atoms with Crippen molar-refractivity contribution in [3.05, 3.63) is 23.8 Å². The number of phenols is 2. The molecule has 32 heavy (non-hydrogen) atoms. The van der Waals surface area contributed by atoms with Gasteiger partial charge < -0.3 is 15.5 Å². The van der Waals surface area contributed by atoms with Gasteiger partial charge in [-0.2, -0.15) is 5.10 Å². The summed E-state index contributed by atoms with van der Waals surface area (Å²) in [4.78, 5) is 0. The zero-order chi connectivity index (χ0) is 23.3. The van der Waals surface area contributed by atoms with Gasteiger partial charge in [-0.15, -0.1) is 0 Å². The largest absolute Gasteiger partial charge is 0.508 e. The lowest BCUT2D eigenvalue weighted by atomic mass is 10.0. The van der Waals surface area contributed by atoms with Crippen molar-refractivity contribution >= 4 is 23.5 Å². The second kappa shape index (κ2) is 19.8. The molecule has 6 heteroatoms. The number of phenolic OH excluding ortho intramolecular Hbond substituents is 2. The van der Waals surface area contributed by atoms with E-state index in [2.05, 4.69) is 22.8 Å². The summed E-state index contributed by atoms with van der Waals surface area (Å²) >= 11 is 5.19. The van der Waals surface area contributed by atoms with Crippen LogP contribution in [-0.4, -0.2) is 28.1 Å². The molecule has 0 radical (unpaired) electrons. The van der Waals surface area contributed by atoms with Gasteiger partial charge in [-0.1, -0.05) is 103 Å². The summed E-state index contributed by atoms with van der Waals surface area (Å²) in [6.45, 7) is 3.12. The van der Waals surface area contributed by atoms with Crippen LogP contribution in [0.15, 0.2) is 23.3 Å². The van der Waals surface area contributed by atoms with Crippen molar-refractivity contribution in [2.75, 3.05) is 6.54 Å². The number of aromatic hydroxyl groups is 2. The molecule has 0 aromatic heterocycles. The molecule has 0 unspecified atom stereocenters. The molecule has 0 aliphatic heterocycles. The minimum absolute atomic E-state index is 0.0172. The molecule has 0 aliphatic carbocycles. The molecule has 0 fully saturated rings. The fourth-order valence-corrected chi connectivity index (χ4v) is 3.87. The van der Waals surface area contributed by atoms with E-state index in [0.29, 0.717) is 10.7 Å². The first kappa shape index (κ1) is 28.2. The van der Waals surface area contributed by atoms with E-state index in [1.807, 2.05) is 0 Å². The third-order valence-electron chi connectivity index (χ3n) is 5.70. The lowest BCUT2D eigenvalue weighted by Crippen LogP contribution is -2.32. The molecule has 0 atom stereocenters. The van der Waals surface area contributed by atoms with Crippen LogP contribution < -0.4 is 10.7 Å². The van der Waals surface area contributed by atoms with Gasteiger partial charge in [0, 0.05) is 18.2 Å². The third kappa shape index (κ3) is 15.9. The van der Waals surface area contributed by atoms with E-state index in [9.17, 15) is 10.2 Å². The average Bonchev–Trinajstić information content (AvgIpc) is 2.77. The molecule has 0 amide bonds. The molecule has 0 bridgehead atoms. The SMILES string of the molecule is CCCCCCCCCCCCCCCCCCNC(=S)N/N=C/c1ccc(O)cc1O. The van der Waals surface area contributed by atoms with Crippen molar-refractivity contribution in [2.24, 2.45) is 5.10 Å². The number of nitrogens with zero attached hydrogens (tertiary/aromatic N) is 1. The topological polar surface area (TPSA) is 76.9 Å². The number of thiocarbonyl (C=S) groups is 1. The van der Waals surface area contributed by atoms with E-state index in [1.165, 1.54) is 115 Å². The quantitative estimate of drug-likeness (QED) is 0.0758. The first-order valence-corrected chi connectivity index (χ1v) is 13.1. The molecular formula is C26H45N3O2S. The van der Waals surface area contributed by atoms with Gasteiger partial charge in [0.1, 0.15) is 11.5 Å². The summed E-state index contributed by atoms with van der Waals surface area (Å²) in [7, 11) is 0. The highest BCUT2D eigenvalue weighted by Gasteiger charge is 1.99. The molecule has 1 rings (SSSR count). The van der Waals surface area contributed by atoms with Crippen molar-refractivity contribution in [3.63, 3.8) is 0 Å². The van der Waals surface area contributed by atoms with Crippen molar-refractivity contribution < 1.29 is 10.2 Å². The highest BCUT2D eigenvalue weighted by molar-refractivity contribution is 7.80. The van der Waals surface area contributed by atoms with Gasteiger partial charge >= 0.3 is 0 Å². The molecule has 182 valence electrons. The third-order valence-corrected chi connectivity index (χ3v) is 5.94. The minimum atomic E-state index is -0.0254. The first-order valence-electron chi connectivity index (χ1n) is 12.7. The number of hydrogen-bond donors (Lipinski definition) is 4. The number of hydrazone groups is 1. The summed E-state index contributed by atoms with van der Waals surface area (Å²) in [6, 6.07) is 4.35. The van der Waals surface area contributed by atoms with Crippen LogP contribution in [0.25, 0.3) is 0 Å². The maximum atomic E-state index is 9.70. The van der Waals surface area contributed by atoms with Gasteiger partial charge in [0.05, 0.1) is 6.21 Å². The fourth-order valence-electron chi connectivity index (χ4n) is 3.72. The molecule has 0 heterocycles. The molecule has 0 aliphatic rings. The van der Waals surface area contributed by atoms with Crippen LogP contribution in [0.5, 0.6) is 11.5 Å².